The van der Waals surface area contributed by atoms with Gasteiger partial charge >= 0.3 is 15.6 Å². The number of phosphoric acid groups is 2. The molecule has 7 rings (SSSR count). The maximum absolute atomic E-state index is 13.4. The van der Waals surface area contributed by atoms with E-state index in [1.807, 2.05) is 0 Å². The van der Waals surface area contributed by atoms with Crippen LogP contribution in [0.3, 0.4) is 0 Å². The number of rotatable bonds is 3. The molecule has 250 valence electrons. The van der Waals surface area contributed by atoms with Crippen molar-refractivity contribution >= 4 is 43.8 Å². The molecule has 3 aliphatic rings. The maximum atomic E-state index is 13.4. The molecule has 10 atom stereocenters. The summed E-state index contributed by atoms with van der Waals surface area (Å²) in [4.78, 5) is 59.6. The number of nitrogens with two attached hydrogens (primary N) is 1. The quantitative estimate of drug-likeness (QED) is 0.0793. The van der Waals surface area contributed by atoms with Crippen LogP contribution < -0.4 is 11.3 Å². The van der Waals surface area contributed by atoms with E-state index in [1.54, 1.807) is 0 Å². The van der Waals surface area contributed by atoms with E-state index in [0.29, 0.717) is 0 Å². The van der Waals surface area contributed by atoms with Crippen LogP contribution in [-0.2, 0) is 36.7 Å². The first-order valence-corrected chi connectivity index (χ1v) is 16.6. The number of fused-ring (bicyclic) bond motifs is 5. The van der Waals surface area contributed by atoms with Crippen LogP contribution in [0.25, 0.3) is 32.8 Å². The Morgan fingerprint density at radius 3 is 2.34 bits per heavy atom. The van der Waals surface area contributed by atoms with E-state index >= 15 is 0 Å². The van der Waals surface area contributed by atoms with Gasteiger partial charge in [-0.15, -0.1) is 0 Å². The average Bonchev–Trinajstić information content (AvgIpc) is 3.76. The Labute approximate surface area is 260 Å². The molecule has 0 aromatic carbocycles. The highest BCUT2D eigenvalue weighted by atomic mass is 31.2. The summed E-state index contributed by atoms with van der Waals surface area (Å²) in [6.07, 6.45) is -7.20. The van der Waals surface area contributed by atoms with Crippen molar-refractivity contribution in [2.45, 2.75) is 55.9 Å². The van der Waals surface area contributed by atoms with Crippen LogP contribution in [0.2, 0.25) is 0 Å². The number of ether oxygens (including phenoxy) is 2. The lowest BCUT2D eigenvalue weighted by Gasteiger charge is -2.26. The molecule has 3 saturated heterocycles. The fraction of sp³-hybridized carbons (Fsp3) is 0.524. The van der Waals surface area contributed by atoms with Crippen molar-refractivity contribution in [3.63, 3.8) is 0 Å². The van der Waals surface area contributed by atoms with E-state index in [2.05, 4.69) is 39.9 Å². The highest BCUT2D eigenvalue weighted by molar-refractivity contribution is 7.47. The first-order valence-electron chi connectivity index (χ1n) is 13.6. The number of hydrogen-bond acceptors (Lipinski definition) is 17. The van der Waals surface area contributed by atoms with Crippen molar-refractivity contribution in [1.82, 2.24) is 39.0 Å². The Bertz CT molecular complexity index is 2070. The Morgan fingerprint density at radius 1 is 0.979 bits per heavy atom. The van der Waals surface area contributed by atoms with Crippen LogP contribution in [0.1, 0.15) is 18.3 Å². The number of nitrogens with zero attached hydrogens (tertiary/aromatic N) is 10. The third kappa shape index (κ3) is 5.69. The van der Waals surface area contributed by atoms with Gasteiger partial charge in [0, 0.05) is 4.91 Å². The van der Waals surface area contributed by atoms with Gasteiger partial charge in [-0.2, -0.15) is 0 Å². The SMILES string of the molecule is Cc1nc2c(ncn2[C@@H]2O[C@@H]3COP(=O)(O)O[C@@H]4C(O)[C@H](n5cnc6c(N)ncnc65)O[C@@H]4COP(=O)(O)O[C@H]2C3N=[N+]=[N-])c(=O)[nH]1. The number of aliphatic hydroxyl groups excluding tert-OH is 1. The molecule has 2 bridgehead atoms. The number of phosphoric ester groups is 2. The smallest absolute Gasteiger partial charge is 0.386 e. The van der Waals surface area contributed by atoms with Crippen molar-refractivity contribution in [3.8, 4) is 0 Å². The molecular weight excluding hydrogens is 674 g/mol. The highest BCUT2D eigenvalue weighted by Crippen LogP contribution is 2.54. The number of aryl methyl sites for hydroxylation is 1. The van der Waals surface area contributed by atoms with Crippen LogP contribution in [0.4, 0.5) is 5.82 Å². The summed E-state index contributed by atoms with van der Waals surface area (Å²) in [6, 6.07) is -1.47. The maximum Gasteiger partial charge on any atom is 0.472 e. The number of H-pyrrole nitrogens is 1. The number of aromatic amines is 1. The minimum atomic E-state index is -5.14. The molecule has 4 aromatic heterocycles. The number of aliphatic hydroxyl groups is 1. The number of nitrogens with one attached hydrogen (secondary N) is 1. The number of hydrogen-bond donors (Lipinski definition) is 5. The molecule has 0 saturated carbocycles. The Morgan fingerprint density at radius 2 is 1.62 bits per heavy atom. The summed E-state index contributed by atoms with van der Waals surface area (Å²) in [6.45, 7) is -0.121. The highest BCUT2D eigenvalue weighted by Gasteiger charge is 2.54. The van der Waals surface area contributed by atoms with E-state index in [9.17, 15) is 34.3 Å². The van der Waals surface area contributed by atoms with Gasteiger partial charge in [0.1, 0.15) is 42.1 Å². The first-order chi connectivity index (χ1) is 22.4. The van der Waals surface area contributed by atoms with Crippen molar-refractivity contribution < 1.29 is 51.6 Å². The zero-order valence-electron chi connectivity index (χ0n) is 23.7. The second-order valence-corrected chi connectivity index (χ2v) is 13.4. The minimum Gasteiger partial charge on any atom is -0.386 e. The summed E-state index contributed by atoms with van der Waals surface area (Å²) >= 11 is 0. The normalized spacial score (nSPS) is 36.3. The lowest BCUT2D eigenvalue weighted by atomic mass is 10.1. The summed E-state index contributed by atoms with van der Waals surface area (Å²) in [5.74, 6) is 0.236. The van der Waals surface area contributed by atoms with Crippen LogP contribution >= 0.6 is 15.6 Å². The lowest BCUT2D eigenvalue weighted by Crippen LogP contribution is -2.36. The van der Waals surface area contributed by atoms with Crippen LogP contribution in [-0.4, -0.2) is 104 Å². The molecule has 4 aromatic rings. The third-order valence-electron chi connectivity index (χ3n) is 7.61. The first kappa shape index (κ1) is 31.7. The predicted molar refractivity (Wildman–Crippen MR) is 151 cm³/mol. The molecule has 0 spiro atoms. The van der Waals surface area contributed by atoms with Gasteiger partial charge in [0.25, 0.3) is 5.56 Å². The van der Waals surface area contributed by atoms with Gasteiger partial charge in [0.05, 0.1) is 38.0 Å². The van der Waals surface area contributed by atoms with Gasteiger partial charge in [0.15, 0.2) is 35.1 Å². The molecule has 3 fully saturated rings. The largest absolute Gasteiger partial charge is 0.472 e. The molecule has 26 heteroatoms. The molecule has 24 nitrogen and oxygen atoms in total. The molecule has 0 radical (unpaired) electrons. The summed E-state index contributed by atoms with van der Waals surface area (Å²) in [5.41, 5.74) is 14.7. The number of anilines is 1. The number of nitrogen functional groups attached to an aromatic ring is 1. The van der Waals surface area contributed by atoms with E-state index in [1.165, 1.54) is 22.4 Å². The monoisotopic (exact) mass is 698 g/mol. The Hall–Kier alpha value is -3.89. The van der Waals surface area contributed by atoms with Gasteiger partial charge in [-0.25, -0.2) is 34.0 Å². The lowest BCUT2D eigenvalue weighted by molar-refractivity contribution is -0.0670. The molecule has 47 heavy (non-hydrogen) atoms. The fourth-order valence-electron chi connectivity index (χ4n) is 5.59. The zero-order chi connectivity index (χ0) is 33.2. The number of azide groups is 1. The summed E-state index contributed by atoms with van der Waals surface area (Å²) < 4.78 is 62.1. The average molecular weight is 698 g/mol. The molecule has 3 aliphatic heterocycles. The standard InChI is InChI=1S/C21H24N12O12P2/c1-7-28-18-12(19(35)29-7)27-6-33(18)21-15-10(30-31-23)8(42-21)2-40-46(36,37)44-14-9(3-41-47(38,39)45-15)43-20(13(14)34)32-5-26-11-16(22)24-4-25-17(11)32/h4-6,8-10,13-15,20-21,34H,2-3H2,1H3,(H,36,37)(H,38,39)(H2,22,24,25)(H,28,29,35)/t8-,9-,10?,13?,14+,15+,20-,21-/m1/s1. The van der Waals surface area contributed by atoms with Crippen molar-refractivity contribution in [2.24, 2.45) is 5.11 Å². The summed E-state index contributed by atoms with van der Waals surface area (Å²) in [5, 5.41) is 14.8. The molecule has 0 aliphatic carbocycles. The molecule has 4 unspecified atom stereocenters. The minimum absolute atomic E-state index is 0.0154. The van der Waals surface area contributed by atoms with E-state index in [4.69, 9.17) is 33.3 Å². The van der Waals surface area contributed by atoms with Crippen molar-refractivity contribution in [3.05, 3.63) is 45.6 Å². The number of imidazole rings is 2. The van der Waals surface area contributed by atoms with E-state index in [-0.39, 0.29) is 34.0 Å². The van der Waals surface area contributed by atoms with Crippen LogP contribution in [0.15, 0.2) is 28.9 Å². The Kier molecular flexibility index (Phi) is 7.87. The van der Waals surface area contributed by atoms with E-state index in [0.717, 1.165) is 12.7 Å². The number of aromatic nitrogens is 8. The van der Waals surface area contributed by atoms with Gasteiger partial charge in [-0.1, -0.05) is 5.11 Å². The second-order valence-electron chi connectivity index (χ2n) is 10.5. The predicted octanol–water partition coefficient (Wildman–Crippen LogP) is -0.297. The van der Waals surface area contributed by atoms with Crippen molar-refractivity contribution in [2.75, 3.05) is 18.9 Å². The molecule has 6 N–H and O–H groups in total. The van der Waals surface area contributed by atoms with Gasteiger partial charge in [-0.3, -0.25) is 32.0 Å². The van der Waals surface area contributed by atoms with E-state index < -0.39 is 83.4 Å². The fourth-order valence-corrected chi connectivity index (χ4v) is 7.49. The summed E-state index contributed by atoms with van der Waals surface area (Å²) in [7, 11) is -10.2. The Balaban J connectivity index is 1.24. The van der Waals surface area contributed by atoms with Crippen LogP contribution in [0, 0.1) is 6.92 Å². The topological polar surface area (TPSA) is 332 Å². The molecular formula is C21H24N12O12P2. The molecule has 7 heterocycles. The van der Waals surface area contributed by atoms with Crippen molar-refractivity contribution in [1.29, 1.82) is 0 Å². The second kappa shape index (κ2) is 11.7. The van der Waals surface area contributed by atoms with Gasteiger partial charge in [-0.05, 0) is 12.5 Å². The van der Waals surface area contributed by atoms with Crippen LogP contribution in [0.5, 0.6) is 0 Å². The molecule has 0 amide bonds. The van der Waals surface area contributed by atoms with Gasteiger partial charge < -0.3 is 35.1 Å². The zero-order valence-corrected chi connectivity index (χ0v) is 25.5. The third-order valence-corrected chi connectivity index (χ3v) is 9.58. The van der Waals surface area contributed by atoms with Gasteiger partial charge in [0.2, 0.25) is 0 Å².